The number of rotatable bonds is 6. The summed E-state index contributed by atoms with van der Waals surface area (Å²) in [6.45, 7) is 3.73. The lowest BCUT2D eigenvalue weighted by molar-refractivity contribution is -0.119. The van der Waals surface area contributed by atoms with Crippen LogP contribution >= 0.6 is 0 Å². The maximum absolute atomic E-state index is 12.4. The van der Waals surface area contributed by atoms with Gasteiger partial charge in [0.15, 0.2) is 0 Å². The fraction of sp³-hybridized carbons (Fsp3) is 0.435. The summed E-state index contributed by atoms with van der Waals surface area (Å²) in [7, 11) is 0. The van der Waals surface area contributed by atoms with Crippen molar-refractivity contribution in [1.29, 1.82) is 0 Å². The highest BCUT2D eigenvalue weighted by Crippen LogP contribution is 2.24. The molecule has 1 aromatic carbocycles. The Morgan fingerprint density at radius 3 is 2.76 bits per heavy atom. The van der Waals surface area contributed by atoms with Gasteiger partial charge in [-0.25, -0.2) is 4.68 Å². The van der Waals surface area contributed by atoms with Crippen LogP contribution in [0.5, 0.6) is 0 Å². The number of nitrogens with zero attached hydrogens (tertiary/aromatic N) is 3. The summed E-state index contributed by atoms with van der Waals surface area (Å²) in [6, 6.07) is 9.46. The predicted octanol–water partition coefficient (Wildman–Crippen LogP) is 3.75. The first-order valence-corrected chi connectivity index (χ1v) is 10.5. The number of aromatic nitrogens is 2. The number of hydrogen-bond acceptors (Lipinski definition) is 3. The molecule has 4 rings (SSSR count). The Kier molecular flexibility index (Phi) is 5.79. The Morgan fingerprint density at radius 2 is 2.00 bits per heavy atom. The van der Waals surface area contributed by atoms with Gasteiger partial charge in [0, 0.05) is 24.6 Å². The van der Waals surface area contributed by atoms with Crippen LogP contribution in [0.4, 0.5) is 5.82 Å². The number of allylic oxidation sites excluding steroid dienone is 1. The molecule has 1 aliphatic carbocycles. The van der Waals surface area contributed by atoms with Crippen LogP contribution in [-0.2, 0) is 17.9 Å². The number of carbonyl (C=O) groups excluding carboxylic acids is 2. The van der Waals surface area contributed by atoms with E-state index < -0.39 is 0 Å². The van der Waals surface area contributed by atoms with E-state index in [1.165, 1.54) is 24.8 Å². The molecule has 6 nitrogen and oxygen atoms in total. The highest BCUT2D eigenvalue weighted by molar-refractivity contribution is 5.95. The van der Waals surface area contributed by atoms with Crippen LogP contribution in [0, 0.1) is 6.92 Å². The number of anilines is 1. The highest BCUT2D eigenvalue weighted by atomic mass is 16.2. The molecule has 0 radical (unpaired) electrons. The number of benzene rings is 1. The van der Waals surface area contributed by atoms with E-state index in [-0.39, 0.29) is 11.8 Å². The van der Waals surface area contributed by atoms with Crippen LogP contribution in [0.2, 0.25) is 0 Å². The van der Waals surface area contributed by atoms with Crippen molar-refractivity contribution in [2.75, 3.05) is 11.4 Å². The summed E-state index contributed by atoms with van der Waals surface area (Å²) in [5.41, 5.74) is 4.02. The molecule has 1 N–H and O–H groups in total. The minimum Gasteiger partial charge on any atom is -0.352 e. The normalized spacial score (nSPS) is 16.4. The van der Waals surface area contributed by atoms with Crippen molar-refractivity contribution < 1.29 is 9.59 Å². The van der Waals surface area contributed by atoms with E-state index >= 15 is 0 Å². The van der Waals surface area contributed by atoms with E-state index in [9.17, 15) is 9.59 Å². The molecule has 0 fully saturated rings. The number of fused-ring (bicyclic) bond motifs is 1. The second-order valence-corrected chi connectivity index (χ2v) is 7.91. The maximum atomic E-state index is 12.4. The third kappa shape index (κ3) is 4.58. The Labute approximate surface area is 171 Å². The Bertz CT molecular complexity index is 927. The van der Waals surface area contributed by atoms with Crippen molar-refractivity contribution in [1.82, 2.24) is 15.1 Å². The Balaban J connectivity index is 1.35. The molecular formula is C23H28N4O2. The zero-order chi connectivity index (χ0) is 20.2. The van der Waals surface area contributed by atoms with Gasteiger partial charge >= 0.3 is 0 Å². The van der Waals surface area contributed by atoms with Gasteiger partial charge in [-0.2, -0.15) is 5.10 Å². The van der Waals surface area contributed by atoms with Crippen LogP contribution < -0.4 is 10.2 Å². The number of hydrogen-bond donors (Lipinski definition) is 1. The summed E-state index contributed by atoms with van der Waals surface area (Å²) < 4.78 is 1.89. The van der Waals surface area contributed by atoms with Gasteiger partial charge in [0.2, 0.25) is 5.91 Å². The molecule has 2 amide bonds. The summed E-state index contributed by atoms with van der Waals surface area (Å²) in [5, 5.41) is 7.46. The van der Waals surface area contributed by atoms with Gasteiger partial charge in [0.1, 0.15) is 5.82 Å². The molecule has 1 aromatic heterocycles. The molecule has 1 aliphatic heterocycles. The Morgan fingerprint density at radius 1 is 1.17 bits per heavy atom. The van der Waals surface area contributed by atoms with Gasteiger partial charge in [0.05, 0.1) is 18.8 Å². The zero-order valence-corrected chi connectivity index (χ0v) is 17.0. The molecule has 0 bridgehead atoms. The van der Waals surface area contributed by atoms with Gasteiger partial charge in [-0.05, 0) is 56.7 Å². The Hall–Kier alpha value is -2.89. The molecule has 0 spiro atoms. The van der Waals surface area contributed by atoms with E-state index in [1.807, 2.05) is 41.9 Å². The molecule has 2 aromatic rings. The minimum absolute atomic E-state index is 0.0456. The van der Waals surface area contributed by atoms with Gasteiger partial charge in [-0.1, -0.05) is 23.8 Å². The van der Waals surface area contributed by atoms with Gasteiger partial charge in [-0.3, -0.25) is 14.5 Å². The van der Waals surface area contributed by atoms with E-state index in [0.29, 0.717) is 31.6 Å². The van der Waals surface area contributed by atoms with Crippen molar-refractivity contribution in [3.8, 4) is 0 Å². The molecule has 2 aliphatic rings. The number of carbonyl (C=O) groups is 2. The summed E-state index contributed by atoms with van der Waals surface area (Å²) >= 11 is 0. The van der Waals surface area contributed by atoms with Crippen molar-refractivity contribution >= 4 is 17.6 Å². The van der Waals surface area contributed by atoms with E-state index in [4.69, 9.17) is 0 Å². The molecule has 0 unspecified atom stereocenters. The van der Waals surface area contributed by atoms with Crippen LogP contribution in [0.15, 0.2) is 42.0 Å². The van der Waals surface area contributed by atoms with Crippen LogP contribution in [-0.4, -0.2) is 28.1 Å². The number of aryl methyl sites for hydroxylation is 2. The number of nitrogens with one attached hydrogen (secondary N) is 1. The zero-order valence-electron chi connectivity index (χ0n) is 17.0. The van der Waals surface area contributed by atoms with Crippen LogP contribution in [0.25, 0.3) is 0 Å². The molecule has 29 heavy (non-hydrogen) atoms. The summed E-state index contributed by atoms with van der Waals surface area (Å²) in [5.74, 6) is 0.907. The molecular weight excluding hydrogens is 364 g/mol. The average molecular weight is 393 g/mol. The van der Waals surface area contributed by atoms with Crippen molar-refractivity contribution in [3.05, 3.63) is 58.8 Å². The summed E-state index contributed by atoms with van der Waals surface area (Å²) in [4.78, 5) is 26.6. The van der Waals surface area contributed by atoms with Gasteiger partial charge in [-0.15, -0.1) is 0 Å². The average Bonchev–Trinajstić information content (AvgIpc) is 3.12. The lowest BCUT2D eigenvalue weighted by Gasteiger charge is -2.27. The van der Waals surface area contributed by atoms with E-state index in [2.05, 4.69) is 16.5 Å². The topological polar surface area (TPSA) is 67.2 Å². The lowest BCUT2D eigenvalue weighted by Crippen LogP contribution is -2.36. The maximum Gasteiger partial charge on any atom is 0.251 e. The van der Waals surface area contributed by atoms with Crippen molar-refractivity contribution in [2.24, 2.45) is 0 Å². The second-order valence-electron chi connectivity index (χ2n) is 7.91. The first-order valence-electron chi connectivity index (χ1n) is 10.5. The standard InChI is InChI=1S/C23H28N4O2/c1-17-15-21-26(22(28)12-14-27(21)25-17)16-19-7-9-20(10-8-19)23(29)24-13-11-18-5-3-2-4-6-18/h5,7-10,15H,2-4,6,11-14,16H2,1H3,(H,24,29). The second kappa shape index (κ2) is 8.64. The van der Waals surface area contributed by atoms with Crippen molar-refractivity contribution in [3.63, 3.8) is 0 Å². The molecule has 0 atom stereocenters. The largest absolute Gasteiger partial charge is 0.352 e. The SMILES string of the molecule is Cc1cc2n(n1)CCC(=O)N2Cc1ccc(C(=O)NCCC2=CCCCC2)cc1. The monoisotopic (exact) mass is 392 g/mol. The first kappa shape index (κ1) is 19.4. The molecule has 152 valence electrons. The van der Waals surface area contributed by atoms with E-state index in [1.54, 1.807) is 4.90 Å². The first-order chi connectivity index (χ1) is 14.1. The lowest BCUT2D eigenvalue weighted by atomic mass is 9.97. The molecule has 0 saturated heterocycles. The fourth-order valence-electron chi connectivity index (χ4n) is 4.06. The quantitative estimate of drug-likeness (QED) is 0.762. The van der Waals surface area contributed by atoms with Crippen molar-refractivity contribution in [2.45, 2.75) is 58.5 Å². The van der Waals surface area contributed by atoms with E-state index in [0.717, 1.165) is 29.9 Å². The van der Waals surface area contributed by atoms with Crippen LogP contribution in [0.1, 0.15) is 60.1 Å². The number of amides is 2. The smallest absolute Gasteiger partial charge is 0.251 e. The van der Waals surface area contributed by atoms with Crippen LogP contribution in [0.3, 0.4) is 0 Å². The highest BCUT2D eigenvalue weighted by Gasteiger charge is 2.25. The molecule has 0 saturated carbocycles. The summed E-state index contributed by atoms with van der Waals surface area (Å²) in [6.07, 6.45) is 8.61. The minimum atomic E-state index is -0.0456. The predicted molar refractivity (Wildman–Crippen MR) is 113 cm³/mol. The van der Waals surface area contributed by atoms with Gasteiger partial charge < -0.3 is 5.32 Å². The molecule has 2 heterocycles. The van der Waals surface area contributed by atoms with Gasteiger partial charge in [0.25, 0.3) is 5.91 Å². The third-order valence-electron chi connectivity index (χ3n) is 5.67. The fourth-order valence-corrected chi connectivity index (χ4v) is 4.06. The third-order valence-corrected chi connectivity index (χ3v) is 5.67. The molecule has 6 heteroatoms.